The molecule has 1 aromatic rings. The molecule has 0 amide bonds. The van der Waals surface area contributed by atoms with Gasteiger partial charge >= 0.3 is 0 Å². The predicted octanol–water partition coefficient (Wildman–Crippen LogP) is 2.07. The van der Waals surface area contributed by atoms with Crippen molar-refractivity contribution in [3.05, 3.63) is 11.4 Å². The molecule has 0 unspecified atom stereocenters. The van der Waals surface area contributed by atoms with Crippen molar-refractivity contribution in [2.24, 2.45) is 5.92 Å². The first kappa shape index (κ1) is 11.2. The third kappa shape index (κ3) is 2.37. The minimum atomic E-state index is 0.745. The number of aryl methyl sites for hydroxylation is 1. The van der Waals surface area contributed by atoms with Gasteiger partial charge in [-0.25, -0.2) is 4.68 Å². The molecule has 1 aromatic heterocycles. The standard InChI is InChI=1S/C13H22N4/c1-14-9-12-13(11-5-6-11)17(16-15-12)8-7-10-3-2-4-10/h10-11,14H,2-9H2,1H3. The van der Waals surface area contributed by atoms with E-state index >= 15 is 0 Å². The third-order valence-corrected chi connectivity index (χ3v) is 4.13. The Balaban J connectivity index is 1.68. The normalized spacial score (nSPS) is 20.5. The Kier molecular flexibility index (Phi) is 3.14. The van der Waals surface area contributed by atoms with Crippen LogP contribution in [0.25, 0.3) is 0 Å². The summed E-state index contributed by atoms with van der Waals surface area (Å²) in [6.45, 7) is 1.93. The molecular weight excluding hydrogens is 212 g/mol. The fourth-order valence-electron chi connectivity index (χ4n) is 2.70. The summed E-state index contributed by atoms with van der Waals surface area (Å²) in [5, 5.41) is 11.9. The van der Waals surface area contributed by atoms with Crippen LogP contribution in [-0.2, 0) is 13.1 Å². The van der Waals surface area contributed by atoms with Crippen molar-refractivity contribution in [3.63, 3.8) is 0 Å². The van der Waals surface area contributed by atoms with Crippen molar-refractivity contribution >= 4 is 0 Å². The van der Waals surface area contributed by atoms with Gasteiger partial charge in [-0.3, -0.25) is 0 Å². The summed E-state index contributed by atoms with van der Waals surface area (Å²) in [4.78, 5) is 0. The number of hydrogen-bond acceptors (Lipinski definition) is 3. The number of aromatic nitrogens is 3. The summed E-state index contributed by atoms with van der Waals surface area (Å²) in [5.41, 5.74) is 2.59. The summed E-state index contributed by atoms with van der Waals surface area (Å²) in [6.07, 6.45) is 8.24. The van der Waals surface area contributed by atoms with E-state index in [-0.39, 0.29) is 0 Å². The second-order valence-electron chi connectivity index (χ2n) is 5.53. The van der Waals surface area contributed by atoms with Crippen molar-refractivity contribution in [2.75, 3.05) is 7.05 Å². The van der Waals surface area contributed by atoms with Gasteiger partial charge in [0, 0.05) is 19.0 Å². The van der Waals surface area contributed by atoms with Gasteiger partial charge in [0.1, 0.15) is 0 Å². The van der Waals surface area contributed by atoms with Gasteiger partial charge in [-0.2, -0.15) is 0 Å². The molecule has 1 heterocycles. The highest BCUT2D eigenvalue weighted by Crippen LogP contribution is 2.41. The van der Waals surface area contributed by atoms with Crippen LogP contribution in [0.2, 0.25) is 0 Å². The van der Waals surface area contributed by atoms with E-state index < -0.39 is 0 Å². The lowest BCUT2D eigenvalue weighted by atomic mass is 9.83. The lowest BCUT2D eigenvalue weighted by molar-refractivity contribution is 0.275. The minimum absolute atomic E-state index is 0.745. The minimum Gasteiger partial charge on any atom is -0.314 e. The molecule has 94 valence electrons. The highest BCUT2D eigenvalue weighted by Gasteiger charge is 2.31. The molecule has 2 aliphatic carbocycles. The summed E-state index contributed by atoms with van der Waals surface area (Å²) in [5.74, 6) is 1.70. The molecule has 0 saturated heterocycles. The Morgan fingerprint density at radius 1 is 1.29 bits per heavy atom. The highest BCUT2D eigenvalue weighted by molar-refractivity contribution is 5.20. The Morgan fingerprint density at radius 3 is 2.71 bits per heavy atom. The number of nitrogens with one attached hydrogen (secondary N) is 1. The summed E-state index contributed by atoms with van der Waals surface area (Å²) >= 11 is 0. The molecule has 2 saturated carbocycles. The van der Waals surface area contributed by atoms with Crippen LogP contribution < -0.4 is 5.32 Å². The average molecular weight is 234 g/mol. The maximum atomic E-state index is 4.35. The van der Waals surface area contributed by atoms with E-state index in [1.165, 1.54) is 49.9 Å². The zero-order chi connectivity index (χ0) is 11.7. The first-order valence-electron chi connectivity index (χ1n) is 6.95. The third-order valence-electron chi connectivity index (χ3n) is 4.13. The lowest BCUT2D eigenvalue weighted by Gasteiger charge is -2.25. The maximum absolute atomic E-state index is 4.35. The Labute approximate surface area is 103 Å². The fraction of sp³-hybridized carbons (Fsp3) is 0.846. The lowest BCUT2D eigenvalue weighted by Crippen LogP contribution is -2.16. The molecule has 2 fully saturated rings. The van der Waals surface area contributed by atoms with Crippen LogP contribution in [0.3, 0.4) is 0 Å². The van der Waals surface area contributed by atoms with Gasteiger partial charge < -0.3 is 5.32 Å². The molecule has 0 aliphatic heterocycles. The van der Waals surface area contributed by atoms with Crippen molar-refractivity contribution < 1.29 is 0 Å². The molecular formula is C13H22N4. The number of hydrogen-bond donors (Lipinski definition) is 1. The van der Waals surface area contributed by atoms with Crippen LogP contribution in [-0.4, -0.2) is 22.0 Å². The number of nitrogens with zero attached hydrogens (tertiary/aromatic N) is 3. The quantitative estimate of drug-likeness (QED) is 0.819. The van der Waals surface area contributed by atoms with E-state index in [0.717, 1.165) is 24.9 Å². The summed E-state index contributed by atoms with van der Waals surface area (Å²) in [7, 11) is 1.98. The molecule has 3 rings (SSSR count). The Bertz CT molecular complexity index is 377. The molecule has 1 N–H and O–H groups in total. The maximum Gasteiger partial charge on any atom is 0.0999 e. The second kappa shape index (κ2) is 4.77. The molecule has 0 bridgehead atoms. The van der Waals surface area contributed by atoms with E-state index in [4.69, 9.17) is 0 Å². The molecule has 4 heteroatoms. The van der Waals surface area contributed by atoms with Gasteiger partial charge in [-0.15, -0.1) is 5.10 Å². The fourth-order valence-corrected chi connectivity index (χ4v) is 2.70. The largest absolute Gasteiger partial charge is 0.314 e. The Hall–Kier alpha value is -0.900. The monoisotopic (exact) mass is 234 g/mol. The smallest absolute Gasteiger partial charge is 0.0999 e. The van der Waals surface area contributed by atoms with E-state index in [1.807, 2.05) is 7.05 Å². The average Bonchev–Trinajstić information content (AvgIpc) is 3.01. The summed E-state index contributed by atoms with van der Waals surface area (Å²) < 4.78 is 2.18. The van der Waals surface area contributed by atoms with Crippen LogP contribution in [0.5, 0.6) is 0 Å². The van der Waals surface area contributed by atoms with Crippen LogP contribution in [0.15, 0.2) is 0 Å². The van der Waals surface area contributed by atoms with Gasteiger partial charge in [0.25, 0.3) is 0 Å². The first-order chi connectivity index (χ1) is 8.38. The van der Waals surface area contributed by atoms with Gasteiger partial charge in [-0.05, 0) is 32.2 Å². The van der Waals surface area contributed by atoms with Gasteiger partial charge in [0.15, 0.2) is 0 Å². The van der Waals surface area contributed by atoms with Crippen molar-refractivity contribution in [2.45, 2.75) is 57.5 Å². The predicted molar refractivity (Wildman–Crippen MR) is 66.7 cm³/mol. The molecule has 0 atom stereocenters. The Morgan fingerprint density at radius 2 is 2.12 bits per heavy atom. The van der Waals surface area contributed by atoms with Gasteiger partial charge in [-0.1, -0.05) is 24.5 Å². The SMILES string of the molecule is CNCc1nnn(CCC2CCC2)c1C1CC1. The van der Waals surface area contributed by atoms with Gasteiger partial charge in [0.05, 0.1) is 11.4 Å². The first-order valence-corrected chi connectivity index (χ1v) is 6.95. The van der Waals surface area contributed by atoms with Crippen LogP contribution in [0, 0.1) is 5.92 Å². The number of rotatable bonds is 6. The van der Waals surface area contributed by atoms with Crippen molar-refractivity contribution in [1.82, 2.24) is 20.3 Å². The topological polar surface area (TPSA) is 42.7 Å². The van der Waals surface area contributed by atoms with Gasteiger partial charge in [0.2, 0.25) is 0 Å². The second-order valence-corrected chi connectivity index (χ2v) is 5.53. The molecule has 0 radical (unpaired) electrons. The zero-order valence-corrected chi connectivity index (χ0v) is 10.7. The summed E-state index contributed by atoms with van der Waals surface area (Å²) in [6, 6.07) is 0. The highest BCUT2D eigenvalue weighted by atomic mass is 15.4. The molecule has 0 aromatic carbocycles. The zero-order valence-electron chi connectivity index (χ0n) is 10.7. The van der Waals surface area contributed by atoms with Crippen molar-refractivity contribution in [3.8, 4) is 0 Å². The molecule has 4 nitrogen and oxygen atoms in total. The van der Waals surface area contributed by atoms with Crippen molar-refractivity contribution in [1.29, 1.82) is 0 Å². The van der Waals surface area contributed by atoms with E-state index in [9.17, 15) is 0 Å². The molecule has 0 spiro atoms. The molecule has 2 aliphatic rings. The molecule has 17 heavy (non-hydrogen) atoms. The van der Waals surface area contributed by atoms with E-state index in [1.54, 1.807) is 0 Å². The van der Waals surface area contributed by atoms with E-state index in [0.29, 0.717) is 0 Å². The van der Waals surface area contributed by atoms with Crippen LogP contribution >= 0.6 is 0 Å². The van der Waals surface area contributed by atoms with Crippen LogP contribution in [0.1, 0.15) is 55.8 Å². The van der Waals surface area contributed by atoms with E-state index in [2.05, 4.69) is 20.3 Å². The van der Waals surface area contributed by atoms with Crippen LogP contribution in [0.4, 0.5) is 0 Å².